The maximum absolute atomic E-state index is 10.1. The van der Waals surface area contributed by atoms with E-state index in [0.717, 1.165) is 0 Å². The van der Waals surface area contributed by atoms with Crippen LogP contribution < -0.4 is 0 Å². The summed E-state index contributed by atoms with van der Waals surface area (Å²) in [6.07, 6.45) is 0.912. The molecular formula is C5H9BO4. The van der Waals surface area contributed by atoms with Gasteiger partial charge in [0, 0.05) is 0 Å². The lowest BCUT2D eigenvalue weighted by molar-refractivity contribution is -0.138. The lowest BCUT2D eigenvalue weighted by Gasteiger charge is -2.05. The van der Waals surface area contributed by atoms with E-state index in [1.165, 1.54) is 0 Å². The van der Waals surface area contributed by atoms with Crippen LogP contribution in [0, 0.1) is 0 Å². The van der Waals surface area contributed by atoms with Crippen molar-refractivity contribution in [2.75, 3.05) is 0 Å². The minimum atomic E-state index is -0.876. The fourth-order valence-electron chi connectivity index (χ4n) is 1.03. The maximum atomic E-state index is 10.1. The molecule has 0 bridgehead atoms. The Morgan fingerprint density at radius 1 is 1.80 bits per heavy atom. The Kier molecular flexibility index (Phi) is 2.29. The lowest BCUT2D eigenvalue weighted by Crippen LogP contribution is -2.17. The smallest absolute Gasteiger partial charge is 0.454 e. The molecule has 0 spiro atoms. The quantitative estimate of drug-likeness (QED) is 0.523. The van der Waals surface area contributed by atoms with Crippen LogP contribution in [0.1, 0.15) is 12.8 Å². The van der Waals surface area contributed by atoms with E-state index >= 15 is 0 Å². The first-order valence-electron chi connectivity index (χ1n) is 3.24. The van der Waals surface area contributed by atoms with Crippen LogP contribution in [-0.4, -0.2) is 29.3 Å². The van der Waals surface area contributed by atoms with Crippen molar-refractivity contribution in [3.63, 3.8) is 0 Å². The molecular weight excluding hydrogens is 135 g/mol. The van der Waals surface area contributed by atoms with Gasteiger partial charge in [-0.3, -0.25) is 4.79 Å². The van der Waals surface area contributed by atoms with Gasteiger partial charge >= 0.3 is 13.1 Å². The molecule has 0 unspecified atom stereocenters. The lowest BCUT2D eigenvalue weighted by atomic mass is 9.87. The van der Waals surface area contributed by atoms with E-state index in [4.69, 9.17) is 14.8 Å². The summed E-state index contributed by atoms with van der Waals surface area (Å²) in [5.41, 5.74) is 0. The maximum Gasteiger partial charge on any atom is 0.454 e. The Bertz CT molecular complexity index is 138. The van der Waals surface area contributed by atoms with Gasteiger partial charge in [0.1, 0.15) is 0 Å². The second kappa shape index (κ2) is 3.03. The van der Waals surface area contributed by atoms with Gasteiger partial charge in [-0.15, -0.1) is 0 Å². The van der Waals surface area contributed by atoms with Crippen molar-refractivity contribution in [1.82, 2.24) is 0 Å². The van der Waals surface area contributed by atoms with Crippen LogP contribution in [0.3, 0.4) is 0 Å². The molecule has 1 heterocycles. The van der Waals surface area contributed by atoms with E-state index in [1.54, 1.807) is 0 Å². The highest BCUT2D eigenvalue weighted by atomic mass is 16.5. The number of carbonyl (C=O) groups is 1. The molecule has 0 aliphatic carbocycles. The molecule has 1 saturated heterocycles. The van der Waals surface area contributed by atoms with Crippen molar-refractivity contribution in [2.45, 2.75) is 25.3 Å². The average Bonchev–Trinajstić information content (AvgIpc) is 2.13. The van der Waals surface area contributed by atoms with Gasteiger partial charge in [0.2, 0.25) is 0 Å². The van der Waals surface area contributed by atoms with Crippen molar-refractivity contribution in [3.8, 4) is 0 Å². The first kappa shape index (κ1) is 7.56. The molecule has 0 aromatic rings. The molecule has 0 aromatic carbocycles. The zero-order chi connectivity index (χ0) is 7.56. The fraction of sp³-hybridized carbons (Fsp3) is 0.800. The SMILES string of the molecule is O=C(O)C[C@@H]1CCB(O)O1. The summed E-state index contributed by atoms with van der Waals surface area (Å²) in [4.78, 5) is 10.1. The average molecular weight is 144 g/mol. The van der Waals surface area contributed by atoms with Crippen molar-refractivity contribution in [1.29, 1.82) is 0 Å². The van der Waals surface area contributed by atoms with Gasteiger partial charge in [0.25, 0.3) is 0 Å². The Labute approximate surface area is 58.9 Å². The fourth-order valence-corrected chi connectivity index (χ4v) is 1.03. The van der Waals surface area contributed by atoms with Crippen molar-refractivity contribution in [2.24, 2.45) is 0 Å². The van der Waals surface area contributed by atoms with Gasteiger partial charge in [-0.2, -0.15) is 0 Å². The van der Waals surface area contributed by atoms with Crippen LogP contribution >= 0.6 is 0 Å². The molecule has 0 saturated carbocycles. The molecule has 0 radical (unpaired) electrons. The second-order valence-corrected chi connectivity index (χ2v) is 2.39. The van der Waals surface area contributed by atoms with E-state index < -0.39 is 13.1 Å². The minimum absolute atomic E-state index is 0.00292. The Morgan fingerprint density at radius 3 is 2.90 bits per heavy atom. The van der Waals surface area contributed by atoms with E-state index in [1.807, 2.05) is 0 Å². The first-order valence-corrected chi connectivity index (χ1v) is 3.24. The van der Waals surface area contributed by atoms with Crippen molar-refractivity contribution in [3.05, 3.63) is 0 Å². The molecule has 0 aromatic heterocycles. The highest BCUT2D eigenvalue weighted by Crippen LogP contribution is 2.18. The number of hydrogen-bond donors (Lipinski definition) is 2. The van der Waals surface area contributed by atoms with Crippen molar-refractivity contribution >= 4 is 13.1 Å². The molecule has 1 aliphatic rings. The molecule has 1 aliphatic heterocycles. The summed E-state index contributed by atoms with van der Waals surface area (Å²) in [6, 6.07) is 0. The third kappa shape index (κ3) is 2.00. The number of hydrogen-bond acceptors (Lipinski definition) is 3. The van der Waals surface area contributed by atoms with Crippen LogP contribution in [-0.2, 0) is 9.45 Å². The predicted molar refractivity (Wildman–Crippen MR) is 34.5 cm³/mol. The van der Waals surface area contributed by atoms with Crippen LogP contribution in [0.15, 0.2) is 0 Å². The van der Waals surface area contributed by atoms with E-state index in [2.05, 4.69) is 0 Å². The van der Waals surface area contributed by atoms with Crippen LogP contribution in [0.25, 0.3) is 0 Å². The largest absolute Gasteiger partial charge is 0.481 e. The summed E-state index contributed by atoms with van der Waals surface area (Å²) in [5.74, 6) is -0.876. The molecule has 4 nitrogen and oxygen atoms in total. The van der Waals surface area contributed by atoms with Crippen LogP contribution in [0.2, 0.25) is 6.32 Å². The third-order valence-corrected chi connectivity index (χ3v) is 1.49. The summed E-state index contributed by atoms with van der Waals surface area (Å²) in [7, 11) is -0.746. The molecule has 1 fully saturated rings. The molecule has 1 rings (SSSR count). The zero-order valence-corrected chi connectivity index (χ0v) is 5.49. The summed E-state index contributed by atoms with van der Waals surface area (Å²) >= 11 is 0. The number of carboxylic acid groups (broad SMARTS) is 1. The molecule has 10 heavy (non-hydrogen) atoms. The second-order valence-electron chi connectivity index (χ2n) is 2.39. The van der Waals surface area contributed by atoms with Crippen LogP contribution in [0.5, 0.6) is 0 Å². The summed E-state index contributed by atoms with van der Waals surface area (Å²) in [6.45, 7) is 0. The van der Waals surface area contributed by atoms with Crippen LogP contribution in [0.4, 0.5) is 0 Å². The highest BCUT2D eigenvalue weighted by molar-refractivity contribution is 6.43. The summed E-state index contributed by atoms with van der Waals surface area (Å²) in [5, 5.41) is 17.1. The monoisotopic (exact) mass is 144 g/mol. The molecule has 2 N–H and O–H groups in total. The normalized spacial score (nSPS) is 25.3. The molecule has 1 atom stereocenters. The van der Waals surface area contributed by atoms with Gasteiger partial charge in [-0.05, 0) is 12.7 Å². The summed E-state index contributed by atoms with van der Waals surface area (Å²) < 4.78 is 4.85. The predicted octanol–water partition coefficient (Wildman–Crippen LogP) is -0.270. The Balaban J connectivity index is 2.24. The molecule has 0 amide bonds. The van der Waals surface area contributed by atoms with Gasteiger partial charge in [0.15, 0.2) is 0 Å². The van der Waals surface area contributed by atoms with Gasteiger partial charge in [0.05, 0.1) is 12.5 Å². The standard InChI is InChI=1S/C5H9BO4/c7-5(8)3-4-1-2-6(9)10-4/h4,9H,1-3H2,(H,7,8)/t4-/m0/s1. The zero-order valence-electron chi connectivity index (χ0n) is 5.49. The number of carboxylic acids is 1. The highest BCUT2D eigenvalue weighted by Gasteiger charge is 2.29. The van der Waals surface area contributed by atoms with Crippen molar-refractivity contribution < 1.29 is 19.6 Å². The van der Waals surface area contributed by atoms with Gasteiger partial charge in [-0.25, -0.2) is 0 Å². The Hall–Kier alpha value is -0.545. The topological polar surface area (TPSA) is 66.8 Å². The third-order valence-electron chi connectivity index (χ3n) is 1.49. The van der Waals surface area contributed by atoms with E-state index in [9.17, 15) is 4.79 Å². The van der Waals surface area contributed by atoms with E-state index in [-0.39, 0.29) is 12.5 Å². The minimum Gasteiger partial charge on any atom is -0.481 e. The number of rotatable bonds is 2. The molecule has 56 valence electrons. The first-order chi connectivity index (χ1) is 4.68. The van der Waals surface area contributed by atoms with E-state index in [0.29, 0.717) is 12.7 Å². The number of aliphatic carboxylic acids is 1. The van der Waals surface area contributed by atoms with Gasteiger partial charge in [-0.1, -0.05) is 0 Å². The Morgan fingerprint density at radius 2 is 2.50 bits per heavy atom. The van der Waals surface area contributed by atoms with Gasteiger partial charge < -0.3 is 14.8 Å². The molecule has 5 heteroatoms.